The van der Waals surface area contributed by atoms with Crippen LogP contribution in [-0.4, -0.2) is 72.6 Å². The molecule has 2 fully saturated rings. The smallest absolute Gasteiger partial charge is 0.254 e. The van der Waals surface area contributed by atoms with Gasteiger partial charge in [-0.2, -0.15) is 4.31 Å². The van der Waals surface area contributed by atoms with Crippen LogP contribution in [0.5, 0.6) is 11.5 Å². The fourth-order valence-corrected chi connectivity index (χ4v) is 12.3. The molecule has 0 aromatic heterocycles. The summed E-state index contributed by atoms with van der Waals surface area (Å²) >= 11 is 0. The molecule has 2 heterocycles. The third-order valence-corrected chi connectivity index (χ3v) is 16.6. The largest absolute Gasteiger partial charge is 0.457 e. The number of rotatable bonds is 25. The van der Waals surface area contributed by atoms with Crippen molar-refractivity contribution in [3.8, 4) is 11.5 Å². The first kappa shape index (κ1) is 53.7. The van der Waals surface area contributed by atoms with Gasteiger partial charge in [-0.25, -0.2) is 8.42 Å². The number of piperidine rings is 2. The summed E-state index contributed by atoms with van der Waals surface area (Å²) in [6.45, 7) is 0.773. The van der Waals surface area contributed by atoms with E-state index in [1.54, 1.807) is 41.3 Å². The molecule has 2 aliphatic heterocycles. The monoisotopic (exact) mass is 1010 g/mol. The van der Waals surface area contributed by atoms with Gasteiger partial charge >= 0.3 is 0 Å². The summed E-state index contributed by atoms with van der Waals surface area (Å²) in [7, 11) is -4.01. The van der Waals surface area contributed by atoms with E-state index in [1.807, 2.05) is 48.5 Å². The fourth-order valence-electron chi connectivity index (χ4n) is 10.6. The first-order chi connectivity index (χ1) is 36.2. The SMILES string of the molecule is O=C(NC(CCCc1ccccc1)CCCc1ccccc1)C1CCCCN1C(=O)c1ccc(Oc2ccc(S(=O)(=O)N3CCCCC3C(=O)NC(CCCc3ccccc3)CCCc3ccccc3)cc2)cc1. The van der Waals surface area contributed by atoms with Crippen molar-refractivity contribution in [2.75, 3.05) is 13.1 Å². The van der Waals surface area contributed by atoms with Gasteiger partial charge < -0.3 is 20.3 Å². The number of amides is 3. The van der Waals surface area contributed by atoms with Crippen molar-refractivity contribution in [2.24, 2.45) is 0 Å². The van der Waals surface area contributed by atoms with Crippen LogP contribution in [0, 0.1) is 0 Å². The third kappa shape index (κ3) is 15.7. The van der Waals surface area contributed by atoms with Gasteiger partial charge in [-0.15, -0.1) is 0 Å². The highest BCUT2D eigenvalue weighted by atomic mass is 32.2. The van der Waals surface area contributed by atoms with Gasteiger partial charge in [0.05, 0.1) is 4.90 Å². The van der Waals surface area contributed by atoms with E-state index in [1.165, 1.54) is 38.7 Å². The van der Waals surface area contributed by atoms with Crippen LogP contribution < -0.4 is 15.4 Å². The van der Waals surface area contributed by atoms with Crippen LogP contribution in [0.4, 0.5) is 0 Å². The number of hydrogen-bond acceptors (Lipinski definition) is 6. The van der Waals surface area contributed by atoms with Crippen LogP contribution in [0.3, 0.4) is 0 Å². The Morgan fingerprint density at radius 3 is 1.28 bits per heavy atom. The van der Waals surface area contributed by atoms with Crippen molar-refractivity contribution in [1.82, 2.24) is 19.8 Å². The number of nitrogens with one attached hydrogen (secondary N) is 2. The summed E-state index contributed by atoms with van der Waals surface area (Å²) in [5, 5.41) is 6.69. The zero-order chi connectivity index (χ0) is 51.4. The van der Waals surface area contributed by atoms with Crippen molar-refractivity contribution >= 4 is 27.7 Å². The van der Waals surface area contributed by atoms with E-state index in [9.17, 15) is 22.8 Å². The van der Waals surface area contributed by atoms with E-state index in [-0.39, 0.29) is 41.2 Å². The Balaban J connectivity index is 0.860. The average molecular weight is 1020 g/mol. The zero-order valence-electron chi connectivity index (χ0n) is 42.9. The molecule has 2 aliphatic rings. The van der Waals surface area contributed by atoms with Crippen LogP contribution in [0.1, 0.15) is 123 Å². The number of aryl methyl sites for hydroxylation is 4. The van der Waals surface area contributed by atoms with Crippen LogP contribution in [0.2, 0.25) is 0 Å². The molecular weight excluding hydrogens is 941 g/mol. The molecule has 6 aromatic rings. The predicted octanol–water partition coefficient (Wildman–Crippen LogP) is 12.1. The van der Waals surface area contributed by atoms with Gasteiger partial charge in [-0.1, -0.05) is 128 Å². The molecule has 2 N–H and O–H groups in total. The third-order valence-electron chi connectivity index (χ3n) is 14.7. The highest BCUT2D eigenvalue weighted by molar-refractivity contribution is 7.89. The van der Waals surface area contributed by atoms with Gasteiger partial charge in [0.1, 0.15) is 23.6 Å². The Kier molecular flexibility index (Phi) is 20.1. The molecule has 74 heavy (non-hydrogen) atoms. The summed E-state index contributed by atoms with van der Waals surface area (Å²) in [5.74, 6) is 0.397. The maximum atomic E-state index is 14.3. The summed E-state index contributed by atoms with van der Waals surface area (Å²) in [6, 6.07) is 53.4. The van der Waals surface area contributed by atoms with Crippen LogP contribution in [0.15, 0.2) is 175 Å². The molecular formula is C63H74N4O6S. The highest BCUT2D eigenvalue weighted by Gasteiger charge is 2.38. The van der Waals surface area contributed by atoms with Crippen LogP contribution in [0.25, 0.3) is 0 Å². The van der Waals surface area contributed by atoms with Crippen molar-refractivity contribution in [3.63, 3.8) is 0 Å². The number of ether oxygens (including phenoxy) is 1. The minimum atomic E-state index is -4.01. The number of carbonyl (C=O) groups excluding carboxylic acids is 3. The summed E-state index contributed by atoms with van der Waals surface area (Å²) in [4.78, 5) is 44.2. The molecule has 3 amide bonds. The van der Waals surface area contributed by atoms with Crippen molar-refractivity contribution in [3.05, 3.63) is 198 Å². The molecule has 0 saturated carbocycles. The summed E-state index contributed by atoms with van der Waals surface area (Å²) in [5.41, 5.74) is 5.56. The maximum Gasteiger partial charge on any atom is 0.254 e. The minimum absolute atomic E-state index is 0.00652. The molecule has 0 bridgehead atoms. The van der Waals surface area contributed by atoms with Crippen molar-refractivity contribution in [1.29, 1.82) is 0 Å². The Morgan fingerprint density at radius 2 is 0.851 bits per heavy atom. The predicted molar refractivity (Wildman–Crippen MR) is 295 cm³/mol. The topological polar surface area (TPSA) is 125 Å². The quantitative estimate of drug-likeness (QED) is 0.0588. The van der Waals surface area contributed by atoms with Gasteiger partial charge in [0.15, 0.2) is 0 Å². The lowest BCUT2D eigenvalue weighted by Gasteiger charge is -2.36. The lowest BCUT2D eigenvalue weighted by Crippen LogP contribution is -2.53. The van der Waals surface area contributed by atoms with Crippen molar-refractivity contribution in [2.45, 2.75) is 145 Å². The number of nitrogens with zero attached hydrogens (tertiary/aromatic N) is 2. The van der Waals surface area contributed by atoms with Gasteiger partial charge in [-0.05, 0) is 180 Å². The number of hydrogen-bond donors (Lipinski definition) is 2. The second-order valence-corrected chi connectivity index (χ2v) is 22.0. The molecule has 2 saturated heterocycles. The summed E-state index contributed by atoms with van der Waals surface area (Å²) in [6.07, 6.45) is 15.0. The lowest BCUT2D eigenvalue weighted by molar-refractivity contribution is -0.127. The van der Waals surface area contributed by atoms with E-state index in [4.69, 9.17) is 4.74 Å². The van der Waals surface area contributed by atoms with Gasteiger partial charge in [-0.3, -0.25) is 14.4 Å². The van der Waals surface area contributed by atoms with Crippen LogP contribution in [-0.2, 0) is 45.3 Å². The lowest BCUT2D eigenvalue weighted by atomic mass is 9.96. The Morgan fingerprint density at radius 1 is 0.473 bits per heavy atom. The highest BCUT2D eigenvalue weighted by Crippen LogP contribution is 2.30. The van der Waals surface area contributed by atoms with Crippen LogP contribution >= 0.6 is 0 Å². The van der Waals surface area contributed by atoms with Gasteiger partial charge in [0.25, 0.3) is 5.91 Å². The van der Waals surface area contributed by atoms with E-state index in [0.717, 1.165) is 96.3 Å². The average Bonchev–Trinajstić information content (AvgIpc) is 3.44. The molecule has 2 atom stereocenters. The number of benzene rings is 6. The van der Waals surface area contributed by atoms with Crippen molar-refractivity contribution < 1.29 is 27.5 Å². The minimum Gasteiger partial charge on any atom is -0.457 e. The number of sulfonamides is 1. The summed E-state index contributed by atoms with van der Waals surface area (Å²) < 4.78 is 36.1. The number of carbonyl (C=O) groups is 3. The molecule has 0 spiro atoms. The van der Waals surface area contributed by atoms with E-state index < -0.39 is 22.1 Å². The van der Waals surface area contributed by atoms with E-state index >= 15 is 0 Å². The van der Waals surface area contributed by atoms with Gasteiger partial charge in [0, 0.05) is 30.7 Å². The fraction of sp³-hybridized carbons (Fsp3) is 0.381. The molecule has 0 aliphatic carbocycles. The first-order valence-corrected chi connectivity index (χ1v) is 28.6. The molecule has 388 valence electrons. The normalized spacial score (nSPS) is 16.2. The first-order valence-electron chi connectivity index (χ1n) is 27.2. The van der Waals surface area contributed by atoms with Gasteiger partial charge in [0.2, 0.25) is 21.8 Å². The second-order valence-electron chi connectivity index (χ2n) is 20.2. The Hall–Kier alpha value is -6.56. The molecule has 11 heteroatoms. The van der Waals surface area contributed by atoms with E-state index in [2.05, 4.69) is 83.4 Å². The molecule has 2 unspecified atom stereocenters. The Labute approximate surface area is 440 Å². The van der Waals surface area contributed by atoms with E-state index in [0.29, 0.717) is 42.9 Å². The zero-order valence-corrected chi connectivity index (χ0v) is 43.7. The standard InChI is InChI=1S/C63H74N4O6S/c68-61(64-54(33-17-29-49-21-5-1-6-22-49)34-18-30-50-23-7-2-8-24-50)59-37-13-15-47-66(59)63(70)53-39-41-56(42-40-53)73-57-43-45-58(46-44-57)74(71,72)67-48-16-14-38-60(67)62(69)65-55(35-19-31-51-25-9-3-10-26-51)36-20-32-52-27-11-4-12-28-52/h1-12,21-28,39-46,54-55,59-60H,13-20,29-38,47-48H2,(H,64,68)(H,65,69). The molecule has 8 rings (SSSR count). The number of likely N-dealkylation sites (tertiary alicyclic amines) is 1. The Bertz CT molecular complexity index is 2670. The second kappa shape index (κ2) is 27.7. The molecule has 0 radical (unpaired) electrons. The maximum absolute atomic E-state index is 14.3. The molecule has 6 aromatic carbocycles. The molecule has 10 nitrogen and oxygen atoms in total.